The highest BCUT2D eigenvalue weighted by Gasteiger charge is 2.19. The van der Waals surface area contributed by atoms with Crippen molar-refractivity contribution in [1.29, 1.82) is 0 Å². The molecule has 0 heterocycles. The van der Waals surface area contributed by atoms with Crippen LogP contribution in [0, 0.1) is 0 Å². The second kappa shape index (κ2) is 4.71. The van der Waals surface area contributed by atoms with Gasteiger partial charge in [0.25, 0.3) is 0 Å². The first-order valence-corrected chi connectivity index (χ1v) is 5.33. The molecule has 0 aliphatic heterocycles. The van der Waals surface area contributed by atoms with E-state index < -0.39 is 11.9 Å². The van der Waals surface area contributed by atoms with Gasteiger partial charge in [-0.05, 0) is 17.2 Å². The number of benzene rings is 2. The lowest BCUT2D eigenvalue weighted by Gasteiger charge is -2.09. The molecule has 0 saturated heterocycles. The first-order chi connectivity index (χ1) is 8.61. The van der Waals surface area contributed by atoms with Gasteiger partial charge < -0.3 is 10.8 Å². The molecule has 2 rings (SSSR count). The van der Waals surface area contributed by atoms with E-state index in [1.165, 1.54) is 6.07 Å². The Morgan fingerprint density at radius 3 is 2.17 bits per heavy atom. The van der Waals surface area contributed by atoms with E-state index in [0.29, 0.717) is 5.56 Å². The topological polar surface area (TPSA) is 80.4 Å². The third-order valence-electron chi connectivity index (χ3n) is 2.63. The molecule has 0 aliphatic rings. The van der Waals surface area contributed by atoms with Gasteiger partial charge in [0, 0.05) is 0 Å². The molecule has 2 aromatic rings. The molecule has 1 amide bonds. The minimum absolute atomic E-state index is 0.0175. The zero-order valence-corrected chi connectivity index (χ0v) is 9.46. The Morgan fingerprint density at radius 1 is 0.944 bits per heavy atom. The molecule has 4 nitrogen and oxygen atoms in total. The molecule has 0 saturated carbocycles. The highest BCUT2D eigenvalue weighted by Crippen LogP contribution is 2.26. The Balaban J connectivity index is 2.72. The number of aromatic carboxylic acids is 1. The van der Waals surface area contributed by atoms with Gasteiger partial charge in [-0.25, -0.2) is 4.79 Å². The quantitative estimate of drug-likeness (QED) is 0.863. The van der Waals surface area contributed by atoms with Crippen LogP contribution in [0.25, 0.3) is 11.1 Å². The summed E-state index contributed by atoms with van der Waals surface area (Å²) in [5.74, 6) is -1.91. The second-order valence-corrected chi connectivity index (χ2v) is 3.76. The van der Waals surface area contributed by atoms with Gasteiger partial charge in [-0.15, -0.1) is 0 Å². The van der Waals surface area contributed by atoms with Gasteiger partial charge in [-0.2, -0.15) is 0 Å². The van der Waals surface area contributed by atoms with Crippen molar-refractivity contribution in [2.24, 2.45) is 5.73 Å². The summed E-state index contributed by atoms with van der Waals surface area (Å²) in [7, 11) is 0. The molecule has 0 fully saturated rings. The van der Waals surface area contributed by atoms with E-state index in [-0.39, 0.29) is 11.1 Å². The third kappa shape index (κ3) is 2.08. The largest absolute Gasteiger partial charge is 0.478 e. The van der Waals surface area contributed by atoms with Gasteiger partial charge in [-0.3, -0.25) is 4.79 Å². The average molecular weight is 241 g/mol. The highest BCUT2D eigenvalue weighted by molar-refractivity contribution is 6.08. The van der Waals surface area contributed by atoms with Gasteiger partial charge in [0.1, 0.15) is 0 Å². The molecule has 4 heteroatoms. The maximum absolute atomic E-state index is 11.3. The number of amides is 1. The summed E-state index contributed by atoms with van der Waals surface area (Å²) in [6.07, 6.45) is 0. The smallest absolute Gasteiger partial charge is 0.337 e. The molecule has 0 radical (unpaired) electrons. The van der Waals surface area contributed by atoms with E-state index in [1.54, 1.807) is 36.4 Å². The van der Waals surface area contributed by atoms with Crippen molar-refractivity contribution in [1.82, 2.24) is 0 Å². The van der Waals surface area contributed by atoms with Crippen LogP contribution in [0.2, 0.25) is 0 Å². The summed E-state index contributed by atoms with van der Waals surface area (Å²) in [6.45, 7) is 0. The molecular formula is C14H11NO3. The van der Waals surface area contributed by atoms with Crippen LogP contribution in [0.1, 0.15) is 20.7 Å². The van der Waals surface area contributed by atoms with Crippen LogP contribution in [-0.4, -0.2) is 17.0 Å². The first-order valence-electron chi connectivity index (χ1n) is 5.33. The molecule has 0 aliphatic carbocycles. The van der Waals surface area contributed by atoms with Crippen molar-refractivity contribution < 1.29 is 14.7 Å². The van der Waals surface area contributed by atoms with Crippen LogP contribution in [0.5, 0.6) is 0 Å². The maximum atomic E-state index is 11.3. The summed E-state index contributed by atoms with van der Waals surface area (Å²) in [5, 5.41) is 9.25. The summed E-state index contributed by atoms with van der Waals surface area (Å²) < 4.78 is 0. The lowest BCUT2D eigenvalue weighted by atomic mass is 9.95. The molecule has 90 valence electrons. The summed E-state index contributed by atoms with van der Waals surface area (Å²) in [5.41, 5.74) is 6.38. The van der Waals surface area contributed by atoms with Crippen molar-refractivity contribution in [3.63, 3.8) is 0 Å². The van der Waals surface area contributed by atoms with Gasteiger partial charge >= 0.3 is 5.97 Å². The third-order valence-corrected chi connectivity index (χ3v) is 2.63. The fourth-order valence-corrected chi connectivity index (χ4v) is 1.85. The molecule has 2 aromatic carbocycles. The van der Waals surface area contributed by atoms with Crippen molar-refractivity contribution in [3.8, 4) is 11.1 Å². The molecule has 0 bridgehead atoms. The van der Waals surface area contributed by atoms with Gasteiger partial charge in [0.2, 0.25) is 5.91 Å². The van der Waals surface area contributed by atoms with E-state index >= 15 is 0 Å². The number of hydrogen-bond acceptors (Lipinski definition) is 2. The Hall–Kier alpha value is -2.62. The zero-order chi connectivity index (χ0) is 13.1. The normalized spacial score (nSPS) is 10.0. The van der Waals surface area contributed by atoms with Gasteiger partial charge in [0.15, 0.2) is 0 Å². The lowest BCUT2D eigenvalue weighted by Crippen LogP contribution is -2.17. The van der Waals surface area contributed by atoms with Crippen LogP contribution >= 0.6 is 0 Å². The monoisotopic (exact) mass is 241 g/mol. The highest BCUT2D eigenvalue weighted by atomic mass is 16.4. The molecule has 3 N–H and O–H groups in total. The number of carbonyl (C=O) groups is 2. The van der Waals surface area contributed by atoms with E-state index in [2.05, 4.69) is 0 Å². The van der Waals surface area contributed by atoms with Crippen LogP contribution in [0.15, 0.2) is 48.5 Å². The molecule has 0 aromatic heterocycles. The molecule has 18 heavy (non-hydrogen) atoms. The first kappa shape index (κ1) is 11.9. The van der Waals surface area contributed by atoms with Crippen LogP contribution < -0.4 is 5.73 Å². The van der Waals surface area contributed by atoms with Gasteiger partial charge in [0.05, 0.1) is 11.1 Å². The molecule has 0 unspecified atom stereocenters. The van der Waals surface area contributed by atoms with Crippen molar-refractivity contribution in [2.75, 3.05) is 0 Å². The number of carboxylic acid groups (broad SMARTS) is 1. The Morgan fingerprint density at radius 2 is 1.61 bits per heavy atom. The van der Waals surface area contributed by atoms with Crippen LogP contribution in [-0.2, 0) is 0 Å². The standard InChI is InChI=1S/C14H11NO3/c15-13(16)11-8-4-7-10(12(11)14(17)18)9-5-2-1-3-6-9/h1-8H,(H2,15,16)(H,17,18). The molecule has 0 atom stereocenters. The summed E-state index contributed by atoms with van der Waals surface area (Å²) >= 11 is 0. The molecular weight excluding hydrogens is 230 g/mol. The Labute approximate surface area is 104 Å². The SMILES string of the molecule is NC(=O)c1cccc(-c2ccccc2)c1C(=O)O. The van der Waals surface area contributed by atoms with Crippen LogP contribution in [0.4, 0.5) is 0 Å². The van der Waals surface area contributed by atoms with E-state index in [0.717, 1.165) is 5.56 Å². The number of primary amides is 1. The predicted octanol–water partition coefficient (Wildman–Crippen LogP) is 2.15. The number of carboxylic acids is 1. The number of carbonyl (C=O) groups excluding carboxylic acids is 1. The van der Waals surface area contributed by atoms with Crippen molar-refractivity contribution in [3.05, 3.63) is 59.7 Å². The minimum atomic E-state index is -1.16. The fourth-order valence-electron chi connectivity index (χ4n) is 1.85. The van der Waals surface area contributed by atoms with Crippen molar-refractivity contribution in [2.45, 2.75) is 0 Å². The number of hydrogen-bond donors (Lipinski definition) is 2. The van der Waals surface area contributed by atoms with E-state index in [4.69, 9.17) is 5.73 Å². The summed E-state index contributed by atoms with van der Waals surface area (Å²) in [4.78, 5) is 22.6. The summed E-state index contributed by atoms with van der Waals surface area (Å²) in [6, 6.07) is 13.7. The second-order valence-electron chi connectivity index (χ2n) is 3.76. The predicted molar refractivity (Wildman–Crippen MR) is 67.4 cm³/mol. The van der Waals surface area contributed by atoms with Crippen molar-refractivity contribution >= 4 is 11.9 Å². The number of nitrogens with two attached hydrogens (primary N) is 1. The average Bonchev–Trinajstić information content (AvgIpc) is 2.38. The Bertz CT molecular complexity index is 606. The van der Waals surface area contributed by atoms with E-state index in [1.807, 2.05) is 6.07 Å². The van der Waals surface area contributed by atoms with E-state index in [9.17, 15) is 14.7 Å². The number of rotatable bonds is 3. The van der Waals surface area contributed by atoms with Crippen LogP contribution in [0.3, 0.4) is 0 Å². The maximum Gasteiger partial charge on any atom is 0.337 e. The zero-order valence-electron chi connectivity index (χ0n) is 9.46. The Kier molecular flexibility index (Phi) is 3.10. The fraction of sp³-hybridized carbons (Fsp3) is 0. The minimum Gasteiger partial charge on any atom is -0.478 e. The lowest BCUT2D eigenvalue weighted by molar-refractivity contribution is 0.0693. The molecule has 0 spiro atoms. The van der Waals surface area contributed by atoms with Gasteiger partial charge in [-0.1, -0.05) is 42.5 Å².